The van der Waals surface area contributed by atoms with Crippen molar-refractivity contribution in [2.45, 2.75) is 18.9 Å². The van der Waals surface area contributed by atoms with E-state index < -0.39 is 6.04 Å². The Bertz CT molecular complexity index is 294. The van der Waals surface area contributed by atoms with E-state index in [1.54, 1.807) is 4.90 Å². The largest absolute Gasteiger partial charge is 0.381 e. The van der Waals surface area contributed by atoms with E-state index >= 15 is 0 Å². The topological polar surface area (TPSA) is 62.6 Å². The van der Waals surface area contributed by atoms with E-state index in [9.17, 15) is 4.79 Å². The number of nitriles is 1. The Balaban J connectivity index is 1.98. The highest BCUT2D eigenvalue weighted by Crippen LogP contribution is 2.19. The third-order valence-electron chi connectivity index (χ3n) is 3.07. The molecule has 2 aliphatic rings. The highest BCUT2D eigenvalue weighted by atomic mass is 16.5. The Kier molecular flexibility index (Phi) is 3.75. The van der Waals surface area contributed by atoms with E-state index in [2.05, 4.69) is 6.07 Å². The van der Waals surface area contributed by atoms with E-state index in [-0.39, 0.29) is 11.8 Å². The number of rotatable bonds is 1. The normalized spacial score (nSPS) is 30.8. The fourth-order valence-electron chi connectivity index (χ4n) is 2.14. The van der Waals surface area contributed by atoms with Gasteiger partial charge < -0.3 is 14.4 Å². The molecule has 2 fully saturated rings. The lowest BCUT2D eigenvalue weighted by atomic mass is 9.99. The van der Waals surface area contributed by atoms with Gasteiger partial charge >= 0.3 is 0 Å². The molecule has 0 aromatic rings. The van der Waals surface area contributed by atoms with Gasteiger partial charge in [-0.05, 0) is 12.8 Å². The Morgan fingerprint density at radius 2 is 2.12 bits per heavy atom. The average Bonchev–Trinajstić information content (AvgIpc) is 2.39. The highest BCUT2D eigenvalue weighted by molar-refractivity contribution is 5.79. The zero-order valence-electron chi connectivity index (χ0n) is 9.22. The van der Waals surface area contributed by atoms with Crippen LogP contribution in [0.15, 0.2) is 0 Å². The van der Waals surface area contributed by atoms with Crippen molar-refractivity contribution in [3.8, 4) is 6.07 Å². The van der Waals surface area contributed by atoms with Crippen LogP contribution >= 0.6 is 0 Å². The van der Waals surface area contributed by atoms with Crippen LogP contribution in [0.2, 0.25) is 0 Å². The lowest BCUT2D eigenvalue weighted by Crippen LogP contribution is -2.51. The van der Waals surface area contributed by atoms with Crippen molar-refractivity contribution in [3.05, 3.63) is 0 Å². The van der Waals surface area contributed by atoms with Crippen LogP contribution < -0.4 is 0 Å². The van der Waals surface area contributed by atoms with Crippen molar-refractivity contribution in [2.24, 2.45) is 5.92 Å². The van der Waals surface area contributed by atoms with Gasteiger partial charge in [0.1, 0.15) is 6.04 Å². The zero-order chi connectivity index (χ0) is 11.4. The van der Waals surface area contributed by atoms with Crippen LogP contribution in [-0.2, 0) is 14.3 Å². The van der Waals surface area contributed by atoms with Crippen LogP contribution in [0.3, 0.4) is 0 Å². The molecular formula is C11H16N2O3. The van der Waals surface area contributed by atoms with Crippen molar-refractivity contribution >= 4 is 5.91 Å². The maximum atomic E-state index is 12.2. The summed E-state index contributed by atoms with van der Waals surface area (Å²) in [7, 11) is 0. The fraction of sp³-hybridized carbons (Fsp3) is 0.818. The standard InChI is InChI=1S/C11H16N2O3/c12-6-10-8-16-5-3-13(10)11(14)9-2-1-4-15-7-9/h9-10H,1-5,7-8H2/t9-,10+/m1/s1. The first-order chi connectivity index (χ1) is 7.83. The number of hydrogen-bond acceptors (Lipinski definition) is 4. The van der Waals surface area contributed by atoms with E-state index in [0.29, 0.717) is 26.4 Å². The van der Waals surface area contributed by atoms with Gasteiger partial charge in [0.25, 0.3) is 0 Å². The highest BCUT2D eigenvalue weighted by Gasteiger charge is 2.32. The quantitative estimate of drug-likeness (QED) is 0.636. The van der Waals surface area contributed by atoms with E-state index in [0.717, 1.165) is 19.4 Å². The molecule has 0 unspecified atom stereocenters. The molecule has 0 aliphatic carbocycles. The number of nitrogens with zero attached hydrogens (tertiary/aromatic N) is 2. The summed E-state index contributed by atoms with van der Waals surface area (Å²) in [6.07, 6.45) is 1.80. The zero-order valence-corrected chi connectivity index (χ0v) is 9.22. The molecule has 2 rings (SSSR count). The SMILES string of the molecule is N#C[C@H]1COCCN1C(=O)[C@@H]1CCCOC1. The summed E-state index contributed by atoms with van der Waals surface area (Å²) in [5, 5.41) is 8.95. The van der Waals surface area contributed by atoms with Crippen LogP contribution in [0.4, 0.5) is 0 Å². The molecule has 0 radical (unpaired) electrons. The van der Waals surface area contributed by atoms with Crippen molar-refractivity contribution in [1.29, 1.82) is 5.26 Å². The lowest BCUT2D eigenvalue weighted by Gasteiger charge is -2.35. The van der Waals surface area contributed by atoms with Gasteiger partial charge in [0, 0.05) is 13.2 Å². The van der Waals surface area contributed by atoms with Gasteiger partial charge in [-0.3, -0.25) is 4.79 Å². The molecule has 0 saturated carbocycles. The van der Waals surface area contributed by atoms with Gasteiger partial charge in [-0.2, -0.15) is 5.26 Å². The predicted octanol–water partition coefficient (Wildman–Crippen LogP) is 0.164. The molecule has 2 atom stereocenters. The summed E-state index contributed by atoms with van der Waals surface area (Å²) in [5.41, 5.74) is 0. The monoisotopic (exact) mass is 224 g/mol. The third kappa shape index (κ3) is 2.34. The molecule has 0 aromatic carbocycles. The van der Waals surface area contributed by atoms with Crippen LogP contribution in [-0.4, -0.2) is 49.8 Å². The minimum absolute atomic E-state index is 0.0505. The molecule has 0 bridgehead atoms. The van der Waals surface area contributed by atoms with Gasteiger partial charge in [-0.15, -0.1) is 0 Å². The van der Waals surface area contributed by atoms with Crippen molar-refractivity contribution in [3.63, 3.8) is 0 Å². The van der Waals surface area contributed by atoms with Crippen LogP contribution in [0.1, 0.15) is 12.8 Å². The summed E-state index contributed by atoms with van der Waals surface area (Å²) >= 11 is 0. The second-order valence-electron chi connectivity index (χ2n) is 4.17. The molecule has 88 valence electrons. The van der Waals surface area contributed by atoms with Crippen molar-refractivity contribution in [1.82, 2.24) is 4.90 Å². The van der Waals surface area contributed by atoms with Crippen molar-refractivity contribution in [2.75, 3.05) is 33.0 Å². The molecule has 2 heterocycles. The molecule has 0 N–H and O–H groups in total. The molecule has 5 heteroatoms. The summed E-state index contributed by atoms with van der Waals surface area (Å²) < 4.78 is 10.5. The Morgan fingerprint density at radius 1 is 1.31 bits per heavy atom. The molecule has 0 aromatic heterocycles. The van der Waals surface area contributed by atoms with Gasteiger partial charge in [0.15, 0.2) is 0 Å². The lowest BCUT2D eigenvalue weighted by molar-refractivity contribution is -0.146. The first-order valence-corrected chi connectivity index (χ1v) is 5.68. The maximum Gasteiger partial charge on any atom is 0.229 e. The molecule has 1 amide bonds. The molecule has 2 aliphatic heterocycles. The summed E-state index contributed by atoms with van der Waals surface area (Å²) in [6, 6.07) is 1.69. The number of hydrogen-bond donors (Lipinski definition) is 0. The predicted molar refractivity (Wildman–Crippen MR) is 55.5 cm³/mol. The second-order valence-corrected chi connectivity index (χ2v) is 4.17. The Morgan fingerprint density at radius 3 is 2.81 bits per heavy atom. The number of amides is 1. The number of carbonyl (C=O) groups excluding carboxylic acids is 1. The maximum absolute atomic E-state index is 12.2. The minimum Gasteiger partial charge on any atom is -0.381 e. The van der Waals surface area contributed by atoms with E-state index in [4.69, 9.17) is 14.7 Å². The van der Waals surface area contributed by atoms with Crippen LogP contribution in [0, 0.1) is 17.2 Å². The van der Waals surface area contributed by atoms with Crippen molar-refractivity contribution < 1.29 is 14.3 Å². The Labute approximate surface area is 94.9 Å². The molecule has 16 heavy (non-hydrogen) atoms. The first-order valence-electron chi connectivity index (χ1n) is 5.68. The number of carbonyl (C=O) groups is 1. The average molecular weight is 224 g/mol. The third-order valence-corrected chi connectivity index (χ3v) is 3.07. The smallest absolute Gasteiger partial charge is 0.229 e. The molecule has 2 saturated heterocycles. The first kappa shape index (κ1) is 11.4. The van der Waals surface area contributed by atoms with E-state index in [1.807, 2.05) is 0 Å². The van der Waals surface area contributed by atoms with Gasteiger partial charge in [-0.25, -0.2) is 0 Å². The number of morpholine rings is 1. The van der Waals surface area contributed by atoms with Crippen LogP contribution in [0.25, 0.3) is 0 Å². The summed E-state index contributed by atoms with van der Waals surface area (Å²) in [4.78, 5) is 13.8. The van der Waals surface area contributed by atoms with Gasteiger partial charge in [-0.1, -0.05) is 0 Å². The van der Waals surface area contributed by atoms with Gasteiger partial charge in [0.2, 0.25) is 5.91 Å². The van der Waals surface area contributed by atoms with Gasteiger partial charge in [0.05, 0.1) is 31.8 Å². The Hall–Kier alpha value is -1.12. The second kappa shape index (κ2) is 5.28. The summed E-state index contributed by atoms with van der Waals surface area (Å²) in [6.45, 7) is 2.61. The molecule has 0 spiro atoms. The minimum atomic E-state index is -0.428. The fourth-order valence-corrected chi connectivity index (χ4v) is 2.14. The number of ether oxygens (including phenoxy) is 2. The molecular weight excluding hydrogens is 208 g/mol. The molecule has 5 nitrogen and oxygen atoms in total. The summed E-state index contributed by atoms with van der Waals surface area (Å²) in [5.74, 6) is -0.0164. The van der Waals surface area contributed by atoms with E-state index in [1.165, 1.54) is 0 Å². The van der Waals surface area contributed by atoms with Crippen LogP contribution in [0.5, 0.6) is 0 Å².